The van der Waals surface area contributed by atoms with Gasteiger partial charge in [0.15, 0.2) is 0 Å². The number of hydrogen-bond acceptors (Lipinski definition) is 7. The summed E-state index contributed by atoms with van der Waals surface area (Å²) >= 11 is 0. The van der Waals surface area contributed by atoms with Crippen LogP contribution >= 0.6 is 0 Å². The lowest BCUT2D eigenvalue weighted by molar-refractivity contribution is -0.393. The molecular formula is C22H15FN6O4. The number of hydrogen-bond donors (Lipinski definition) is 1. The van der Waals surface area contributed by atoms with Crippen molar-refractivity contribution in [3.63, 3.8) is 0 Å². The number of anilines is 1. The maximum atomic E-state index is 13.4. The minimum Gasteiger partial charge on any atom is -0.272 e. The summed E-state index contributed by atoms with van der Waals surface area (Å²) in [6.07, 6.45) is 3.12. The van der Waals surface area contributed by atoms with Crippen LogP contribution in [-0.4, -0.2) is 25.8 Å². The van der Waals surface area contributed by atoms with E-state index in [0.717, 1.165) is 17.8 Å². The van der Waals surface area contributed by atoms with E-state index in [-0.39, 0.29) is 11.5 Å². The van der Waals surface area contributed by atoms with Crippen molar-refractivity contribution in [1.29, 1.82) is 0 Å². The van der Waals surface area contributed by atoms with Crippen LogP contribution in [0, 0.1) is 26.0 Å². The van der Waals surface area contributed by atoms with Gasteiger partial charge in [-0.2, -0.15) is 10.2 Å². The molecule has 0 saturated carbocycles. The van der Waals surface area contributed by atoms with Gasteiger partial charge in [-0.15, -0.1) is 0 Å². The molecule has 0 atom stereocenters. The molecule has 164 valence electrons. The van der Waals surface area contributed by atoms with Gasteiger partial charge in [0.05, 0.1) is 27.8 Å². The van der Waals surface area contributed by atoms with Gasteiger partial charge in [0.25, 0.3) is 5.69 Å². The van der Waals surface area contributed by atoms with E-state index in [0.29, 0.717) is 16.8 Å². The summed E-state index contributed by atoms with van der Waals surface area (Å²) in [5, 5.41) is 30.8. The fourth-order valence-electron chi connectivity index (χ4n) is 3.08. The van der Waals surface area contributed by atoms with Crippen LogP contribution in [0.4, 0.5) is 21.5 Å². The number of hydrazone groups is 1. The van der Waals surface area contributed by atoms with Crippen LogP contribution in [0.5, 0.6) is 0 Å². The van der Waals surface area contributed by atoms with Crippen LogP contribution in [0.2, 0.25) is 0 Å². The van der Waals surface area contributed by atoms with Crippen molar-refractivity contribution in [1.82, 2.24) is 9.78 Å². The Morgan fingerprint density at radius 1 is 0.970 bits per heavy atom. The number of nitrogens with zero attached hydrogens (tertiary/aromatic N) is 5. The average Bonchev–Trinajstić information content (AvgIpc) is 3.24. The second kappa shape index (κ2) is 9.06. The Hall–Kier alpha value is -4.93. The van der Waals surface area contributed by atoms with Gasteiger partial charge in [0.1, 0.15) is 17.2 Å². The zero-order valence-corrected chi connectivity index (χ0v) is 16.8. The summed E-state index contributed by atoms with van der Waals surface area (Å²) in [5.74, 6) is -0.386. The van der Waals surface area contributed by atoms with Crippen LogP contribution in [0.1, 0.15) is 5.56 Å². The lowest BCUT2D eigenvalue weighted by Gasteiger charge is -2.02. The molecule has 10 nitrogen and oxygen atoms in total. The highest BCUT2D eigenvalue weighted by Gasteiger charge is 2.19. The Bertz CT molecular complexity index is 1350. The number of rotatable bonds is 7. The summed E-state index contributed by atoms with van der Waals surface area (Å²) in [4.78, 5) is 20.8. The molecule has 0 unspecified atom stereocenters. The first kappa shape index (κ1) is 21.3. The summed E-state index contributed by atoms with van der Waals surface area (Å²) in [5.41, 5.74) is 4.16. The third-order valence-corrected chi connectivity index (χ3v) is 4.66. The minimum atomic E-state index is -0.734. The first-order valence-electron chi connectivity index (χ1n) is 9.55. The van der Waals surface area contributed by atoms with Gasteiger partial charge in [0, 0.05) is 23.4 Å². The smallest absolute Gasteiger partial charge is 0.272 e. The zero-order chi connectivity index (χ0) is 23.4. The lowest BCUT2D eigenvalue weighted by Crippen LogP contribution is -1.99. The van der Waals surface area contributed by atoms with E-state index in [1.807, 2.05) is 30.3 Å². The van der Waals surface area contributed by atoms with Crippen molar-refractivity contribution < 1.29 is 14.2 Å². The molecule has 4 rings (SSSR count). The van der Waals surface area contributed by atoms with Gasteiger partial charge in [-0.3, -0.25) is 25.7 Å². The standard InChI is InChI=1S/C22H15FN6O4/c23-17-8-6-15(7-9-17)22-16(14-27(26-22)18-4-2-1-3-5-18)13-24-25-20-11-10-19(28(30)31)12-21(20)29(32)33/h1-14,25H. The van der Waals surface area contributed by atoms with Crippen LogP contribution in [0.3, 0.4) is 0 Å². The Morgan fingerprint density at radius 3 is 2.36 bits per heavy atom. The molecule has 3 aromatic carbocycles. The van der Waals surface area contributed by atoms with Gasteiger partial charge in [0.2, 0.25) is 0 Å². The van der Waals surface area contributed by atoms with Gasteiger partial charge >= 0.3 is 5.69 Å². The Labute approximate surface area is 185 Å². The Morgan fingerprint density at radius 2 is 1.70 bits per heavy atom. The quantitative estimate of drug-likeness (QED) is 0.243. The summed E-state index contributed by atoms with van der Waals surface area (Å²) in [6, 6.07) is 18.3. The first-order chi connectivity index (χ1) is 15.9. The topological polar surface area (TPSA) is 128 Å². The van der Waals surface area contributed by atoms with Crippen molar-refractivity contribution in [3.8, 4) is 16.9 Å². The molecule has 0 aliphatic heterocycles. The fourth-order valence-corrected chi connectivity index (χ4v) is 3.08. The highest BCUT2D eigenvalue weighted by atomic mass is 19.1. The highest BCUT2D eigenvalue weighted by molar-refractivity contribution is 5.89. The maximum absolute atomic E-state index is 13.4. The molecule has 0 fully saturated rings. The molecule has 0 aliphatic carbocycles. The zero-order valence-electron chi connectivity index (χ0n) is 16.8. The maximum Gasteiger partial charge on any atom is 0.301 e. The second-order valence-electron chi connectivity index (χ2n) is 6.81. The number of benzene rings is 3. The van der Waals surface area contributed by atoms with Crippen molar-refractivity contribution in [2.45, 2.75) is 0 Å². The molecule has 0 amide bonds. The Kier molecular flexibility index (Phi) is 5.85. The monoisotopic (exact) mass is 446 g/mol. The number of nitro benzene ring substituents is 2. The van der Waals surface area contributed by atoms with Gasteiger partial charge < -0.3 is 0 Å². The summed E-state index contributed by atoms with van der Waals surface area (Å²) in [7, 11) is 0. The van der Waals surface area contributed by atoms with Crippen LogP contribution in [0.25, 0.3) is 16.9 Å². The van der Waals surface area contributed by atoms with E-state index in [1.165, 1.54) is 24.4 Å². The largest absolute Gasteiger partial charge is 0.301 e. The number of para-hydroxylation sites is 1. The van der Waals surface area contributed by atoms with Crippen LogP contribution in [-0.2, 0) is 0 Å². The lowest BCUT2D eigenvalue weighted by atomic mass is 10.1. The normalized spacial score (nSPS) is 10.9. The SMILES string of the molecule is O=[N+]([O-])c1ccc(NN=Cc2cn(-c3ccccc3)nc2-c2ccc(F)cc2)c([N+](=O)[O-])c1. The molecule has 0 radical (unpaired) electrons. The number of nitrogens with one attached hydrogen (secondary N) is 1. The molecule has 1 heterocycles. The third kappa shape index (κ3) is 4.71. The molecule has 0 saturated heterocycles. The van der Waals surface area contributed by atoms with Crippen molar-refractivity contribution in [2.24, 2.45) is 5.10 Å². The third-order valence-electron chi connectivity index (χ3n) is 4.66. The van der Waals surface area contributed by atoms with Gasteiger partial charge in [-0.05, 0) is 42.5 Å². The van der Waals surface area contributed by atoms with E-state index < -0.39 is 21.2 Å². The molecular weight excluding hydrogens is 431 g/mol. The van der Waals surface area contributed by atoms with E-state index in [9.17, 15) is 24.6 Å². The van der Waals surface area contributed by atoms with Crippen molar-refractivity contribution in [2.75, 3.05) is 5.43 Å². The Balaban J connectivity index is 1.69. The number of non-ortho nitro benzene ring substituents is 1. The minimum absolute atomic E-state index is 0.0133. The molecule has 0 bridgehead atoms. The molecule has 1 N–H and O–H groups in total. The summed E-state index contributed by atoms with van der Waals surface area (Å²) in [6.45, 7) is 0. The van der Waals surface area contributed by atoms with Crippen molar-refractivity contribution in [3.05, 3.63) is 111 Å². The number of halogens is 1. The van der Waals surface area contributed by atoms with Crippen LogP contribution in [0.15, 0.2) is 84.1 Å². The molecule has 11 heteroatoms. The first-order valence-corrected chi connectivity index (χ1v) is 9.55. The van der Waals surface area contributed by atoms with E-state index in [2.05, 4.69) is 15.6 Å². The van der Waals surface area contributed by atoms with Crippen LogP contribution < -0.4 is 5.43 Å². The molecule has 1 aromatic heterocycles. The van der Waals surface area contributed by atoms with E-state index in [1.54, 1.807) is 23.0 Å². The summed E-state index contributed by atoms with van der Waals surface area (Å²) < 4.78 is 15.0. The fraction of sp³-hybridized carbons (Fsp3) is 0. The highest BCUT2D eigenvalue weighted by Crippen LogP contribution is 2.29. The molecule has 0 spiro atoms. The predicted octanol–water partition coefficient (Wildman–Crippen LogP) is 4.94. The van der Waals surface area contributed by atoms with Gasteiger partial charge in [-0.25, -0.2) is 9.07 Å². The van der Waals surface area contributed by atoms with Gasteiger partial charge in [-0.1, -0.05) is 18.2 Å². The molecule has 4 aromatic rings. The van der Waals surface area contributed by atoms with E-state index in [4.69, 9.17) is 0 Å². The number of nitro groups is 2. The predicted molar refractivity (Wildman–Crippen MR) is 120 cm³/mol. The molecule has 33 heavy (non-hydrogen) atoms. The van der Waals surface area contributed by atoms with E-state index >= 15 is 0 Å². The second-order valence-corrected chi connectivity index (χ2v) is 6.81. The number of aromatic nitrogens is 2. The molecule has 0 aliphatic rings. The average molecular weight is 446 g/mol. The van der Waals surface area contributed by atoms with Crippen molar-refractivity contribution >= 4 is 23.3 Å².